The molecule has 2 aromatic rings. The third-order valence-corrected chi connectivity index (χ3v) is 5.22. The molecular weight excluding hydrogens is 352 g/mol. The average Bonchev–Trinajstić information content (AvgIpc) is 2.73. The second-order valence-electron chi connectivity index (χ2n) is 7.13. The van der Waals surface area contributed by atoms with E-state index in [-0.39, 0.29) is 24.4 Å². The zero-order valence-electron chi connectivity index (χ0n) is 16.6. The number of carbonyl (C=O) groups is 2. The number of likely N-dealkylation sites (tertiary alicyclic amines) is 1. The summed E-state index contributed by atoms with van der Waals surface area (Å²) in [6.07, 6.45) is 4.16. The lowest BCUT2D eigenvalue weighted by Gasteiger charge is -2.36. The van der Waals surface area contributed by atoms with Gasteiger partial charge in [-0.15, -0.1) is 0 Å². The second kappa shape index (κ2) is 9.40. The van der Waals surface area contributed by atoms with Crippen LogP contribution in [0.1, 0.15) is 39.5 Å². The molecule has 0 N–H and O–H groups in total. The Hall–Kier alpha value is -2.82. The SMILES string of the molecule is CCC1CCCCN1C(=O)CN(C(C)=O)c1ccccc1Oc1ccccc1. The molecule has 1 fully saturated rings. The van der Waals surface area contributed by atoms with Gasteiger partial charge in [0, 0.05) is 19.5 Å². The summed E-state index contributed by atoms with van der Waals surface area (Å²) in [5.74, 6) is 1.06. The van der Waals surface area contributed by atoms with E-state index in [0.29, 0.717) is 17.2 Å². The maximum Gasteiger partial charge on any atom is 0.242 e. The highest BCUT2D eigenvalue weighted by Gasteiger charge is 2.28. The molecule has 148 valence electrons. The van der Waals surface area contributed by atoms with Crippen molar-refractivity contribution in [2.24, 2.45) is 0 Å². The number of hydrogen-bond acceptors (Lipinski definition) is 3. The lowest BCUT2D eigenvalue weighted by atomic mass is 10.00. The second-order valence-corrected chi connectivity index (χ2v) is 7.13. The number of nitrogens with zero attached hydrogens (tertiary/aromatic N) is 2. The van der Waals surface area contributed by atoms with E-state index in [1.165, 1.54) is 11.8 Å². The summed E-state index contributed by atoms with van der Waals surface area (Å²) in [7, 11) is 0. The Bertz CT molecular complexity index is 807. The van der Waals surface area contributed by atoms with Gasteiger partial charge in [0.15, 0.2) is 5.75 Å². The van der Waals surface area contributed by atoms with Gasteiger partial charge in [0.05, 0.1) is 5.69 Å². The standard InChI is InChI=1S/C23H28N2O3/c1-3-19-11-9-10-16-24(19)23(27)17-25(18(2)26)21-14-7-8-15-22(21)28-20-12-5-4-6-13-20/h4-8,12-15,19H,3,9-11,16-17H2,1-2H3. The van der Waals surface area contributed by atoms with E-state index in [0.717, 1.165) is 32.2 Å². The van der Waals surface area contributed by atoms with Crippen LogP contribution < -0.4 is 9.64 Å². The van der Waals surface area contributed by atoms with E-state index in [1.54, 1.807) is 0 Å². The quantitative estimate of drug-likeness (QED) is 0.734. The van der Waals surface area contributed by atoms with Crippen molar-refractivity contribution in [1.82, 2.24) is 4.90 Å². The molecule has 5 heteroatoms. The number of carbonyl (C=O) groups excluding carboxylic acids is 2. The van der Waals surface area contributed by atoms with Crippen molar-refractivity contribution in [1.29, 1.82) is 0 Å². The highest BCUT2D eigenvalue weighted by atomic mass is 16.5. The number of ether oxygens (including phenoxy) is 1. The van der Waals surface area contributed by atoms with Crippen LogP contribution in [-0.2, 0) is 9.59 Å². The van der Waals surface area contributed by atoms with E-state index >= 15 is 0 Å². The number of hydrogen-bond donors (Lipinski definition) is 0. The van der Waals surface area contributed by atoms with Gasteiger partial charge in [0.2, 0.25) is 11.8 Å². The lowest BCUT2D eigenvalue weighted by molar-refractivity contribution is -0.134. The maximum absolute atomic E-state index is 13.0. The number of rotatable bonds is 6. The fourth-order valence-corrected chi connectivity index (χ4v) is 3.73. The van der Waals surface area contributed by atoms with Crippen LogP contribution in [0, 0.1) is 0 Å². The summed E-state index contributed by atoms with van der Waals surface area (Å²) >= 11 is 0. The molecule has 1 saturated heterocycles. The van der Waals surface area contributed by atoms with Crippen LogP contribution in [0.2, 0.25) is 0 Å². The van der Waals surface area contributed by atoms with E-state index in [4.69, 9.17) is 4.74 Å². The highest BCUT2D eigenvalue weighted by molar-refractivity contribution is 5.98. The first-order valence-corrected chi connectivity index (χ1v) is 9.99. The van der Waals surface area contributed by atoms with Crippen LogP contribution in [0.25, 0.3) is 0 Å². The van der Waals surface area contributed by atoms with Gasteiger partial charge in [0.1, 0.15) is 12.3 Å². The van der Waals surface area contributed by atoms with Gasteiger partial charge >= 0.3 is 0 Å². The molecule has 0 aromatic heterocycles. The average molecular weight is 380 g/mol. The van der Waals surface area contributed by atoms with Gasteiger partial charge in [-0.1, -0.05) is 37.3 Å². The normalized spacial score (nSPS) is 16.5. The van der Waals surface area contributed by atoms with Crippen LogP contribution in [0.4, 0.5) is 5.69 Å². The third kappa shape index (κ3) is 4.71. The van der Waals surface area contributed by atoms with Crippen molar-refractivity contribution in [2.75, 3.05) is 18.0 Å². The number of anilines is 1. The smallest absolute Gasteiger partial charge is 0.242 e. The summed E-state index contributed by atoms with van der Waals surface area (Å²) < 4.78 is 5.99. The van der Waals surface area contributed by atoms with Gasteiger partial charge in [-0.3, -0.25) is 14.5 Å². The zero-order chi connectivity index (χ0) is 19.9. The zero-order valence-corrected chi connectivity index (χ0v) is 16.6. The Kier molecular flexibility index (Phi) is 6.69. The van der Waals surface area contributed by atoms with Gasteiger partial charge in [-0.2, -0.15) is 0 Å². The molecule has 1 unspecified atom stereocenters. The van der Waals surface area contributed by atoms with Crippen LogP contribution in [0.15, 0.2) is 54.6 Å². The lowest BCUT2D eigenvalue weighted by Crippen LogP contribution is -2.48. The number of piperidine rings is 1. The molecule has 1 aliphatic heterocycles. The molecule has 0 bridgehead atoms. The van der Waals surface area contributed by atoms with Crippen LogP contribution in [0.3, 0.4) is 0 Å². The molecule has 28 heavy (non-hydrogen) atoms. The Labute approximate surface area is 166 Å². The Balaban J connectivity index is 1.82. The molecule has 1 atom stereocenters. The number of amides is 2. The molecule has 2 aromatic carbocycles. The van der Waals surface area contributed by atoms with Crippen LogP contribution in [0.5, 0.6) is 11.5 Å². The van der Waals surface area contributed by atoms with E-state index in [2.05, 4.69) is 6.92 Å². The Morgan fingerprint density at radius 2 is 1.79 bits per heavy atom. The minimum Gasteiger partial charge on any atom is -0.455 e. The predicted octanol–water partition coefficient (Wildman–Crippen LogP) is 4.62. The van der Waals surface area contributed by atoms with Crippen molar-refractivity contribution >= 4 is 17.5 Å². The molecule has 1 heterocycles. The fraction of sp³-hybridized carbons (Fsp3) is 0.391. The predicted molar refractivity (Wildman–Crippen MR) is 111 cm³/mol. The molecule has 0 radical (unpaired) electrons. The first-order valence-electron chi connectivity index (χ1n) is 9.99. The first-order chi connectivity index (χ1) is 13.6. The summed E-state index contributed by atoms with van der Waals surface area (Å²) in [6, 6.07) is 17.0. The van der Waals surface area contributed by atoms with Crippen LogP contribution >= 0.6 is 0 Å². The van der Waals surface area contributed by atoms with Crippen molar-refractivity contribution in [3.05, 3.63) is 54.6 Å². The molecule has 5 nitrogen and oxygen atoms in total. The largest absolute Gasteiger partial charge is 0.455 e. The third-order valence-electron chi connectivity index (χ3n) is 5.22. The van der Waals surface area contributed by atoms with Crippen molar-refractivity contribution in [3.8, 4) is 11.5 Å². The van der Waals surface area contributed by atoms with Gasteiger partial charge < -0.3 is 9.64 Å². The molecular formula is C23H28N2O3. The van der Waals surface area contributed by atoms with E-state index < -0.39 is 0 Å². The summed E-state index contributed by atoms with van der Waals surface area (Å²) in [5, 5.41) is 0. The highest BCUT2D eigenvalue weighted by Crippen LogP contribution is 2.32. The molecule has 2 amide bonds. The topological polar surface area (TPSA) is 49.9 Å². The maximum atomic E-state index is 13.0. The minimum atomic E-state index is -0.178. The van der Waals surface area contributed by atoms with Gasteiger partial charge in [0.25, 0.3) is 0 Å². The summed E-state index contributed by atoms with van der Waals surface area (Å²) in [5.41, 5.74) is 0.609. The molecule has 0 saturated carbocycles. The molecule has 0 spiro atoms. The molecule has 0 aliphatic carbocycles. The van der Waals surface area contributed by atoms with Crippen molar-refractivity contribution in [3.63, 3.8) is 0 Å². The van der Waals surface area contributed by atoms with Gasteiger partial charge in [-0.25, -0.2) is 0 Å². The summed E-state index contributed by atoms with van der Waals surface area (Å²) in [6.45, 7) is 4.40. The first kappa shape index (κ1) is 19.9. The minimum absolute atomic E-state index is 0.00346. The molecule has 1 aliphatic rings. The Morgan fingerprint density at radius 1 is 1.07 bits per heavy atom. The van der Waals surface area contributed by atoms with E-state index in [9.17, 15) is 9.59 Å². The van der Waals surface area contributed by atoms with Crippen molar-refractivity contribution < 1.29 is 14.3 Å². The van der Waals surface area contributed by atoms with Gasteiger partial charge in [-0.05, 0) is 49.9 Å². The summed E-state index contributed by atoms with van der Waals surface area (Å²) in [4.78, 5) is 28.9. The van der Waals surface area contributed by atoms with E-state index in [1.807, 2.05) is 59.5 Å². The monoisotopic (exact) mass is 380 g/mol. The van der Waals surface area contributed by atoms with Crippen molar-refractivity contribution in [2.45, 2.75) is 45.6 Å². The fourth-order valence-electron chi connectivity index (χ4n) is 3.73. The molecule has 3 rings (SSSR count). The van der Waals surface area contributed by atoms with Crippen LogP contribution in [-0.4, -0.2) is 35.8 Å². The Morgan fingerprint density at radius 3 is 2.50 bits per heavy atom. The number of benzene rings is 2. The number of para-hydroxylation sites is 3.